The zero-order valence-corrected chi connectivity index (χ0v) is 12.0. The van der Waals surface area contributed by atoms with E-state index in [-0.39, 0.29) is 5.54 Å². The van der Waals surface area contributed by atoms with Crippen molar-refractivity contribution in [3.8, 4) is 0 Å². The van der Waals surface area contributed by atoms with E-state index in [1.807, 2.05) is 0 Å². The van der Waals surface area contributed by atoms with Gasteiger partial charge in [0.05, 0.1) is 6.61 Å². The van der Waals surface area contributed by atoms with E-state index in [2.05, 4.69) is 42.4 Å². The Balaban J connectivity index is 1.68. The minimum absolute atomic E-state index is 0.159. The third kappa shape index (κ3) is 2.77. The molecule has 0 aliphatic carbocycles. The van der Waals surface area contributed by atoms with Crippen molar-refractivity contribution in [2.75, 3.05) is 31.7 Å². The maximum atomic E-state index is 5.48. The predicted octanol–water partition coefficient (Wildman–Crippen LogP) is 2.34. The molecule has 1 aromatic carbocycles. The monoisotopic (exact) mass is 260 g/mol. The molecule has 2 aliphatic rings. The SMILES string of the molecule is CN1CCCc2cc(CNC3(C)CCOC3)ccc21. The van der Waals surface area contributed by atoms with Crippen LogP contribution in [0.2, 0.25) is 0 Å². The van der Waals surface area contributed by atoms with Gasteiger partial charge in [-0.2, -0.15) is 0 Å². The molecule has 0 aromatic heterocycles. The first-order valence-corrected chi connectivity index (χ1v) is 7.32. The van der Waals surface area contributed by atoms with Gasteiger partial charge in [-0.25, -0.2) is 0 Å². The Morgan fingerprint density at radius 2 is 2.32 bits per heavy atom. The van der Waals surface area contributed by atoms with E-state index < -0.39 is 0 Å². The molecule has 1 saturated heterocycles. The summed E-state index contributed by atoms with van der Waals surface area (Å²) in [6, 6.07) is 6.91. The highest BCUT2D eigenvalue weighted by Crippen LogP contribution is 2.27. The summed E-state index contributed by atoms with van der Waals surface area (Å²) in [6.07, 6.45) is 3.60. The molecule has 0 amide bonds. The number of aryl methyl sites for hydroxylation is 1. The van der Waals surface area contributed by atoms with Crippen molar-refractivity contribution in [1.29, 1.82) is 0 Å². The summed E-state index contributed by atoms with van der Waals surface area (Å²) in [6.45, 7) is 6.10. The molecule has 104 valence electrons. The standard InChI is InChI=1S/C16H24N2O/c1-16(7-9-19-12-16)17-11-13-5-6-15-14(10-13)4-3-8-18(15)2/h5-6,10,17H,3-4,7-9,11-12H2,1-2H3. The molecule has 3 heteroatoms. The molecule has 0 radical (unpaired) electrons. The summed E-state index contributed by atoms with van der Waals surface area (Å²) in [7, 11) is 2.19. The number of anilines is 1. The number of nitrogens with zero attached hydrogens (tertiary/aromatic N) is 1. The number of nitrogens with one attached hydrogen (secondary N) is 1. The smallest absolute Gasteiger partial charge is 0.0646 e. The lowest BCUT2D eigenvalue weighted by Gasteiger charge is -2.28. The van der Waals surface area contributed by atoms with E-state index in [9.17, 15) is 0 Å². The van der Waals surface area contributed by atoms with Crippen molar-refractivity contribution in [3.63, 3.8) is 0 Å². The highest BCUT2D eigenvalue weighted by Gasteiger charge is 2.28. The fraction of sp³-hybridized carbons (Fsp3) is 0.625. The van der Waals surface area contributed by atoms with E-state index >= 15 is 0 Å². The second-order valence-corrected chi connectivity index (χ2v) is 6.20. The number of fused-ring (bicyclic) bond motifs is 1. The molecule has 0 spiro atoms. The number of hydrogen-bond acceptors (Lipinski definition) is 3. The van der Waals surface area contributed by atoms with Gasteiger partial charge in [-0.15, -0.1) is 0 Å². The maximum absolute atomic E-state index is 5.48. The van der Waals surface area contributed by atoms with Gasteiger partial charge >= 0.3 is 0 Å². The fourth-order valence-corrected chi connectivity index (χ4v) is 3.07. The summed E-state index contributed by atoms with van der Waals surface area (Å²) in [4.78, 5) is 2.36. The fourth-order valence-electron chi connectivity index (χ4n) is 3.07. The van der Waals surface area contributed by atoms with Crippen LogP contribution in [0.1, 0.15) is 30.9 Å². The van der Waals surface area contributed by atoms with Crippen molar-refractivity contribution in [1.82, 2.24) is 5.32 Å². The van der Waals surface area contributed by atoms with Crippen LogP contribution < -0.4 is 10.2 Å². The third-order valence-corrected chi connectivity index (χ3v) is 4.43. The van der Waals surface area contributed by atoms with E-state index in [0.717, 1.165) is 26.2 Å². The number of ether oxygens (including phenoxy) is 1. The molecule has 0 bridgehead atoms. The minimum atomic E-state index is 0.159. The Hall–Kier alpha value is -1.06. The van der Waals surface area contributed by atoms with E-state index in [1.165, 1.54) is 36.2 Å². The Morgan fingerprint density at radius 3 is 3.11 bits per heavy atom. The molecule has 19 heavy (non-hydrogen) atoms. The zero-order chi connectivity index (χ0) is 13.3. The van der Waals surface area contributed by atoms with Gasteiger partial charge in [-0.3, -0.25) is 0 Å². The molecule has 0 saturated carbocycles. The minimum Gasteiger partial charge on any atom is -0.379 e. The van der Waals surface area contributed by atoms with Crippen molar-refractivity contribution in [2.45, 2.75) is 38.3 Å². The van der Waals surface area contributed by atoms with Crippen LogP contribution in [0.3, 0.4) is 0 Å². The van der Waals surface area contributed by atoms with Gasteiger partial charge in [0.1, 0.15) is 0 Å². The Bertz CT molecular complexity index is 452. The highest BCUT2D eigenvalue weighted by atomic mass is 16.5. The van der Waals surface area contributed by atoms with Crippen LogP contribution >= 0.6 is 0 Å². The molecule has 1 aromatic rings. The zero-order valence-electron chi connectivity index (χ0n) is 12.0. The molecule has 1 atom stereocenters. The summed E-state index contributed by atoms with van der Waals surface area (Å²) >= 11 is 0. The lowest BCUT2D eigenvalue weighted by Crippen LogP contribution is -2.42. The molecular formula is C16H24N2O. The van der Waals surface area contributed by atoms with Crippen molar-refractivity contribution in [3.05, 3.63) is 29.3 Å². The van der Waals surface area contributed by atoms with E-state index in [0.29, 0.717) is 0 Å². The second kappa shape index (κ2) is 5.14. The van der Waals surface area contributed by atoms with Crippen molar-refractivity contribution in [2.24, 2.45) is 0 Å². The van der Waals surface area contributed by atoms with Gasteiger partial charge in [0.25, 0.3) is 0 Å². The van der Waals surface area contributed by atoms with Crippen LogP contribution in [0, 0.1) is 0 Å². The average Bonchev–Trinajstić information content (AvgIpc) is 2.84. The van der Waals surface area contributed by atoms with E-state index in [1.54, 1.807) is 0 Å². The van der Waals surface area contributed by atoms with Gasteiger partial charge in [0.2, 0.25) is 0 Å². The molecule has 1 unspecified atom stereocenters. The number of rotatable bonds is 3. The Morgan fingerprint density at radius 1 is 1.42 bits per heavy atom. The van der Waals surface area contributed by atoms with Gasteiger partial charge in [-0.05, 0) is 43.4 Å². The maximum Gasteiger partial charge on any atom is 0.0646 e. The quantitative estimate of drug-likeness (QED) is 0.903. The lowest BCUT2D eigenvalue weighted by molar-refractivity contribution is 0.171. The molecule has 2 heterocycles. The molecule has 1 N–H and O–H groups in total. The molecular weight excluding hydrogens is 236 g/mol. The molecule has 3 rings (SSSR count). The number of benzene rings is 1. The first kappa shape index (κ1) is 12.9. The third-order valence-electron chi connectivity index (χ3n) is 4.43. The first-order chi connectivity index (χ1) is 9.16. The summed E-state index contributed by atoms with van der Waals surface area (Å²) in [5, 5.41) is 3.65. The van der Waals surface area contributed by atoms with Crippen LogP contribution in [0.5, 0.6) is 0 Å². The molecule has 2 aliphatic heterocycles. The molecule has 1 fully saturated rings. The average molecular weight is 260 g/mol. The largest absolute Gasteiger partial charge is 0.379 e. The van der Waals surface area contributed by atoms with Gasteiger partial charge in [0, 0.05) is 38.0 Å². The number of hydrogen-bond donors (Lipinski definition) is 1. The summed E-state index contributed by atoms with van der Waals surface area (Å²) in [5.74, 6) is 0. The highest BCUT2D eigenvalue weighted by molar-refractivity contribution is 5.56. The lowest BCUT2D eigenvalue weighted by atomic mass is 9.98. The Kier molecular flexibility index (Phi) is 3.50. The summed E-state index contributed by atoms with van der Waals surface area (Å²) < 4.78 is 5.48. The van der Waals surface area contributed by atoms with Crippen molar-refractivity contribution >= 4 is 5.69 Å². The molecule has 3 nitrogen and oxygen atoms in total. The van der Waals surface area contributed by atoms with Crippen LogP contribution in [-0.2, 0) is 17.7 Å². The second-order valence-electron chi connectivity index (χ2n) is 6.20. The van der Waals surface area contributed by atoms with Crippen LogP contribution in [0.25, 0.3) is 0 Å². The van der Waals surface area contributed by atoms with Crippen LogP contribution in [-0.4, -0.2) is 32.3 Å². The topological polar surface area (TPSA) is 24.5 Å². The summed E-state index contributed by atoms with van der Waals surface area (Å²) in [5.41, 5.74) is 4.46. The Labute approximate surface area is 115 Å². The van der Waals surface area contributed by atoms with E-state index in [4.69, 9.17) is 4.74 Å². The predicted molar refractivity (Wildman–Crippen MR) is 78.7 cm³/mol. The first-order valence-electron chi connectivity index (χ1n) is 7.32. The van der Waals surface area contributed by atoms with Crippen molar-refractivity contribution < 1.29 is 4.74 Å². The van der Waals surface area contributed by atoms with Gasteiger partial charge in [-0.1, -0.05) is 12.1 Å². The van der Waals surface area contributed by atoms with Gasteiger partial charge in [0.15, 0.2) is 0 Å². The normalized spacial score (nSPS) is 26.5. The van der Waals surface area contributed by atoms with Crippen LogP contribution in [0.4, 0.5) is 5.69 Å². The van der Waals surface area contributed by atoms with Crippen LogP contribution in [0.15, 0.2) is 18.2 Å². The van der Waals surface area contributed by atoms with Gasteiger partial charge < -0.3 is 15.0 Å².